The van der Waals surface area contributed by atoms with E-state index in [1.807, 2.05) is 0 Å². The Bertz CT molecular complexity index is 613. The lowest BCUT2D eigenvalue weighted by molar-refractivity contribution is -0.146. The topological polar surface area (TPSA) is 90.6 Å². The fourth-order valence-electron chi connectivity index (χ4n) is 1.58. The van der Waals surface area contributed by atoms with Crippen molar-refractivity contribution in [3.8, 4) is 5.75 Å². The van der Waals surface area contributed by atoms with Crippen LogP contribution in [-0.2, 0) is 14.3 Å². The zero-order valence-corrected chi connectivity index (χ0v) is 16.6. The summed E-state index contributed by atoms with van der Waals surface area (Å²) in [4.78, 5) is 23.4. The third-order valence-corrected chi connectivity index (χ3v) is 5.02. The van der Waals surface area contributed by atoms with Crippen LogP contribution in [-0.4, -0.2) is 38.2 Å². The molecule has 0 aliphatic rings. The van der Waals surface area contributed by atoms with E-state index >= 15 is 0 Å². The molecule has 0 bridgehead atoms. The van der Waals surface area contributed by atoms with Crippen molar-refractivity contribution in [3.63, 3.8) is 0 Å². The number of hydrogen-bond acceptors (Lipinski definition) is 6. The van der Waals surface area contributed by atoms with E-state index in [9.17, 15) is 9.59 Å². The van der Waals surface area contributed by atoms with Crippen LogP contribution in [0.15, 0.2) is 0 Å². The Morgan fingerprint density at radius 1 is 0.840 bits per heavy atom. The van der Waals surface area contributed by atoms with Gasteiger partial charge in [-0.15, -0.1) is 0 Å². The smallest absolute Gasteiger partial charge is 0.311 e. The SMILES string of the molecule is NCCNCCOC(=O)CCC(=O)Oc1c(Cl)c(Cl)c(Cl)c(Cl)c1Cl. The summed E-state index contributed by atoms with van der Waals surface area (Å²) < 4.78 is 9.97. The number of benzene rings is 1. The maximum absolute atomic E-state index is 11.9. The first-order valence-corrected chi connectivity index (χ1v) is 8.97. The fourth-order valence-corrected chi connectivity index (χ4v) is 2.78. The van der Waals surface area contributed by atoms with E-state index < -0.39 is 11.9 Å². The molecule has 0 aliphatic carbocycles. The summed E-state index contributed by atoms with van der Waals surface area (Å²) in [5, 5.41) is 2.42. The number of esters is 2. The molecule has 0 fully saturated rings. The largest absolute Gasteiger partial charge is 0.464 e. The summed E-state index contributed by atoms with van der Waals surface area (Å²) in [6.45, 7) is 1.76. The number of carbonyl (C=O) groups is 2. The van der Waals surface area contributed by atoms with Gasteiger partial charge in [-0.25, -0.2) is 0 Å². The van der Waals surface area contributed by atoms with Crippen LogP contribution in [0.5, 0.6) is 5.75 Å². The van der Waals surface area contributed by atoms with Crippen molar-refractivity contribution >= 4 is 69.9 Å². The minimum atomic E-state index is -0.753. The Balaban J connectivity index is 2.52. The number of nitrogens with two attached hydrogens (primary N) is 1. The third kappa shape index (κ3) is 6.98. The lowest BCUT2D eigenvalue weighted by Crippen LogP contribution is -2.26. The molecule has 1 rings (SSSR count). The molecule has 11 heteroatoms. The summed E-state index contributed by atoms with van der Waals surface area (Å²) in [7, 11) is 0. The van der Waals surface area contributed by atoms with Crippen molar-refractivity contribution in [2.24, 2.45) is 5.73 Å². The summed E-state index contributed by atoms with van der Waals surface area (Å²) >= 11 is 29.5. The van der Waals surface area contributed by atoms with Crippen molar-refractivity contribution in [1.29, 1.82) is 0 Å². The molecule has 0 saturated carbocycles. The van der Waals surface area contributed by atoms with Crippen LogP contribution in [0.25, 0.3) is 0 Å². The molecule has 0 amide bonds. The first-order chi connectivity index (χ1) is 11.8. The maximum Gasteiger partial charge on any atom is 0.311 e. The van der Waals surface area contributed by atoms with Crippen LogP contribution in [0.3, 0.4) is 0 Å². The zero-order chi connectivity index (χ0) is 19.0. The number of rotatable bonds is 9. The molecule has 0 radical (unpaired) electrons. The quantitative estimate of drug-likeness (QED) is 0.195. The Morgan fingerprint density at radius 2 is 1.36 bits per heavy atom. The number of nitrogens with one attached hydrogen (secondary N) is 1. The summed E-state index contributed by atoms with van der Waals surface area (Å²) in [5.41, 5.74) is 5.30. The van der Waals surface area contributed by atoms with Crippen LogP contribution in [0, 0.1) is 0 Å². The van der Waals surface area contributed by atoms with Gasteiger partial charge in [0.2, 0.25) is 0 Å². The second-order valence-corrected chi connectivity index (χ2v) is 6.52. The van der Waals surface area contributed by atoms with Gasteiger partial charge in [0.25, 0.3) is 0 Å². The van der Waals surface area contributed by atoms with Gasteiger partial charge < -0.3 is 20.5 Å². The van der Waals surface area contributed by atoms with Gasteiger partial charge in [-0.05, 0) is 0 Å². The highest BCUT2D eigenvalue weighted by molar-refractivity contribution is 6.55. The monoisotopic (exact) mass is 450 g/mol. The molecule has 0 spiro atoms. The molecule has 0 aromatic heterocycles. The molecule has 6 nitrogen and oxygen atoms in total. The summed E-state index contributed by atoms with van der Waals surface area (Å²) in [6.07, 6.45) is -0.403. The first kappa shape index (κ1) is 22.6. The molecular formula is C14H15Cl5N2O4. The van der Waals surface area contributed by atoms with E-state index in [0.29, 0.717) is 19.6 Å². The van der Waals surface area contributed by atoms with Gasteiger partial charge in [-0.3, -0.25) is 9.59 Å². The van der Waals surface area contributed by atoms with Gasteiger partial charge in [0.15, 0.2) is 5.75 Å². The predicted molar refractivity (Wildman–Crippen MR) is 99.2 cm³/mol. The third-order valence-electron chi connectivity index (χ3n) is 2.78. The van der Waals surface area contributed by atoms with Crippen LogP contribution >= 0.6 is 58.0 Å². The minimum absolute atomic E-state index is 0.0510. The van der Waals surface area contributed by atoms with Crippen molar-refractivity contribution in [3.05, 3.63) is 25.1 Å². The fraction of sp³-hybridized carbons (Fsp3) is 0.429. The molecule has 3 N–H and O–H groups in total. The lowest BCUT2D eigenvalue weighted by atomic mass is 10.3. The summed E-state index contributed by atoms with van der Waals surface area (Å²) in [5.74, 6) is -1.51. The van der Waals surface area contributed by atoms with E-state index in [0.717, 1.165) is 0 Å². The summed E-state index contributed by atoms with van der Waals surface area (Å²) in [6, 6.07) is 0. The number of ether oxygens (including phenoxy) is 2. The standard InChI is InChI=1S/C14H15Cl5N2O4/c15-9-10(16)12(18)14(13(19)11(9)17)25-8(23)2-1-7(22)24-6-5-21-4-3-20/h21H,1-6,20H2. The molecule has 1 aromatic rings. The average Bonchev–Trinajstić information content (AvgIpc) is 2.60. The minimum Gasteiger partial charge on any atom is -0.464 e. The van der Waals surface area contributed by atoms with Gasteiger partial charge >= 0.3 is 11.9 Å². The molecule has 0 heterocycles. The number of halogens is 5. The molecule has 1 aromatic carbocycles. The van der Waals surface area contributed by atoms with Crippen LogP contribution in [0.2, 0.25) is 25.1 Å². The molecule has 0 atom stereocenters. The highest BCUT2D eigenvalue weighted by atomic mass is 35.5. The van der Waals surface area contributed by atoms with Crippen molar-refractivity contribution in [2.75, 3.05) is 26.2 Å². The molecule has 0 aliphatic heterocycles. The van der Waals surface area contributed by atoms with E-state index in [1.165, 1.54) is 0 Å². The Morgan fingerprint density at radius 3 is 1.92 bits per heavy atom. The van der Waals surface area contributed by atoms with E-state index in [4.69, 9.17) is 73.2 Å². The van der Waals surface area contributed by atoms with E-state index in [2.05, 4.69) is 5.32 Å². The molecule has 0 unspecified atom stereocenters. The lowest BCUT2D eigenvalue weighted by Gasteiger charge is -2.12. The molecule has 140 valence electrons. The van der Waals surface area contributed by atoms with Crippen molar-refractivity contribution in [1.82, 2.24) is 5.32 Å². The molecule has 0 saturated heterocycles. The van der Waals surface area contributed by atoms with Gasteiger partial charge in [0.05, 0.1) is 27.9 Å². The Hall–Kier alpha value is -0.470. The normalized spacial score (nSPS) is 10.6. The van der Waals surface area contributed by atoms with Crippen LogP contribution < -0.4 is 15.8 Å². The van der Waals surface area contributed by atoms with Gasteiger partial charge in [-0.1, -0.05) is 58.0 Å². The zero-order valence-electron chi connectivity index (χ0n) is 12.8. The highest BCUT2D eigenvalue weighted by Gasteiger charge is 2.22. The first-order valence-electron chi connectivity index (χ1n) is 7.08. The van der Waals surface area contributed by atoms with Crippen LogP contribution in [0.1, 0.15) is 12.8 Å². The van der Waals surface area contributed by atoms with Gasteiger partial charge in [0.1, 0.15) is 16.7 Å². The molecule has 25 heavy (non-hydrogen) atoms. The number of hydrogen-bond donors (Lipinski definition) is 2. The van der Waals surface area contributed by atoms with Crippen molar-refractivity contribution in [2.45, 2.75) is 12.8 Å². The maximum atomic E-state index is 11.9. The highest BCUT2D eigenvalue weighted by Crippen LogP contribution is 2.48. The van der Waals surface area contributed by atoms with Crippen molar-refractivity contribution < 1.29 is 19.1 Å². The second kappa shape index (κ2) is 11.3. The second-order valence-electron chi connectivity index (χ2n) is 4.63. The van der Waals surface area contributed by atoms with Gasteiger partial charge in [-0.2, -0.15) is 0 Å². The van der Waals surface area contributed by atoms with E-state index in [-0.39, 0.29) is 50.3 Å². The molecular weight excluding hydrogens is 437 g/mol. The number of carbonyl (C=O) groups excluding carboxylic acids is 2. The van der Waals surface area contributed by atoms with E-state index in [1.54, 1.807) is 0 Å². The predicted octanol–water partition coefficient (Wildman–Crippen LogP) is 3.73. The average molecular weight is 453 g/mol. The van der Waals surface area contributed by atoms with Gasteiger partial charge in [0, 0.05) is 19.6 Å². The Labute approximate surface area is 169 Å². The van der Waals surface area contributed by atoms with Crippen LogP contribution in [0.4, 0.5) is 0 Å². The Kier molecular flexibility index (Phi) is 10.2.